The standard InChI is InChI=1S/C15H24N4O3/c1-11(2)8-22-13-4-5-19(7-13)15(20)18-14-6-12(9-21-3)16-10-17-14/h6,10-11,13H,4-5,7-9H2,1-3H3,(H,16,17,18,20). The molecule has 0 spiro atoms. The Kier molecular flexibility index (Phi) is 6.09. The Hall–Kier alpha value is -1.73. The number of anilines is 1. The van der Waals surface area contributed by atoms with Crippen LogP contribution < -0.4 is 5.32 Å². The number of ether oxygens (including phenoxy) is 2. The molecule has 1 aromatic heterocycles. The summed E-state index contributed by atoms with van der Waals surface area (Å²) in [4.78, 5) is 22.1. The van der Waals surface area contributed by atoms with Crippen LogP contribution in [-0.2, 0) is 16.1 Å². The first-order valence-electron chi connectivity index (χ1n) is 7.56. The summed E-state index contributed by atoms with van der Waals surface area (Å²) < 4.78 is 10.8. The third-order valence-corrected chi connectivity index (χ3v) is 3.35. The molecular formula is C15H24N4O3. The molecule has 0 aliphatic carbocycles. The molecule has 2 amide bonds. The average Bonchev–Trinajstić information content (AvgIpc) is 2.95. The van der Waals surface area contributed by atoms with Crippen LogP contribution in [0.15, 0.2) is 12.4 Å². The lowest BCUT2D eigenvalue weighted by Crippen LogP contribution is -2.34. The molecule has 1 aromatic rings. The minimum Gasteiger partial charge on any atom is -0.378 e. The lowest BCUT2D eigenvalue weighted by atomic mass is 10.2. The van der Waals surface area contributed by atoms with Gasteiger partial charge < -0.3 is 14.4 Å². The fourth-order valence-electron chi connectivity index (χ4n) is 2.26. The van der Waals surface area contributed by atoms with Crippen molar-refractivity contribution < 1.29 is 14.3 Å². The van der Waals surface area contributed by atoms with Crippen molar-refractivity contribution in [1.29, 1.82) is 0 Å². The van der Waals surface area contributed by atoms with Gasteiger partial charge in [-0.2, -0.15) is 0 Å². The number of aromatic nitrogens is 2. The van der Waals surface area contributed by atoms with Crippen LogP contribution in [0.3, 0.4) is 0 Å². The van der Waals surface area contributed by atoms with Gasteiger partial charge in [0, 0.05) is 32.9 Å². The van der Waals surface area contributed by atoms with Crippen molar-refractivity contribution in [2.24, 2.45) is 5.92 Å². The van der Waals surface area contributed by atoms with Crippen molar-refractivity contribution in [3.8, 4) is 0 Å². The molecule has 1 fully saturated rings. The molecule has 1 saturated heterocycles. The molecule has 1 N–H and O–H groups in total. The minimum absolute atomic E-state index is 0.127. The summed E-state index contributed by atoms with van der Waals surface area (Å²) in [6.07, 6.45) is 2.42. The Morgan fingerprint density at radius 2 is 2.32 bits per heavy atom. The van der Waals surface area contributed by atoms with Crippen molar-refractivity contribution in [2.45, 2.75) is 33.0 Å². The summed E-state index contributed by atoms with van der Waals surface area (Å²) in [7, 11) is 1.60. The second-order valence-electron chi connectivity index (χ2n) is 5.84. The zero-order valence-electron chi connectivity index (χ0n) is 13.4. The lowest BCUT2D eigenvalue weighted by molar-refractivity contribution is 0.0440. The fourth-order valence-corrected chi connectivity index (χ4v) is 2.26. The molecule has 7 heteroatoms. The maximum Gasteiger partial charge on any atom is 0.323 e. The van der Waals surface area contributed by atoms with Crippen LogP contribution in [0.2, 0.25) is 0 Å². The molecule has 0 aromatic carbocycles. The van der Waals surface area contributed by atoms with Crippen LogP contribution in [0.5, 0.6) is 0 Å². The average molecular weight is 308 g/mol. The van der Waals surface area contributed by atoms with E-state index in [9.17, 15) is 4.79 Å². The van der Waals surface area contributed by atoms with Gasteiger partial charge in [0.25, 0.3) is 0 Å². The summed E-state index contributed by atoms with van der Waals surface area (Å²) in [5.74, 6) is 0.988. The molecule has 0 radical (unpaired) electrons. The Morgan fingerprint density at radius 1 is 1.50 bits per heavy atom. The van der Waals surface area contributed by atoms with Gasteiger partial charge in [0.15, 0.2) is 0 Å². The third kappa shape index (κ3) is 4.92. The normalized spacial score (nSPS) is 18.0. The molecule has 2 heterocycles. The zero-order valence-corrected chi connectivity index (χ0v) is 13.4. The molecule has 1 aliphatic rings. The minimum atomic E-state index is -0.155. The van der Waals surface area contributed by atoms with E-state index < -0.39 is 0 Å². The third-order valence-electron chi connectivity index (χ3n) is 3.35. The van der Waals surface area contributed by atoms with E-state index in [1.165, 1.54) is 6.33 Å². The Labute approximate surface area is 131 Å². The van der Waals surface area contributed by atoms with E-state index in [0.29, 0.717) is 31.4 Å². The number of nitrogens with one attached hydrogen (secondary N) is 1. The number of carbonyl (C=O) groups excluding carboxylic acids is 1. The van der Waals surface area contributed by atoms with Crippen molar-refractivity contribution in [3.63, 3.8) is 0 Å². The number of rotatable bonds is 6. The van der Waals surface area contributed by atoms with Gasteiger partial charge in [0.05, 0.1) is 18.4 Å². The van der Waals surface area contributed by atoms with E-state index in [1.807, 2.05) is 0 Å². The predicted octanol–water partition coefficient (Wildman–Crippen LogP) is 1.90. The molecule has 1 aliphatic heterocycles. The first kappa shape index (κ1) is 16.6. The number of carbonyl (C=O) groups is 1. The van der Waals surface area contributed by atoms with E-state index in [1.54, 1.807) is 18.1 Å². The highest BCUT2D eigenvalue weighted by Gasteiger charge is 2.27. The zero-order chi connectivity index (χ0) is 15.9. The maximum absolute atomic E-state index is 12.2. The van der Waals surface area contributed by atoms with Crippen molar-refractivity contribution >= 4 is 11.8 Å². The fraction of sp³-hybridized carbons (Fsp3) is 0.667. The van der Waals surface area contributed by atoms with Gasteiger partial charge in [0.1, 0.15) is 12.1 Å². The highest BCUT2D eigenvalue weighted by Crippen LogP contribution is 2.15. The number of urea groups is 1. The van der Waals surface area contributed by atoms with Crippen LogP contribution in [0, 0.1) is 5.92 Å². The SMILES string of the molecule is COCc1cc(NC(=O)N2CCC(OCC(C)C)C2)ncn1. The van der Waals surface area contributed by atoms with E-state index in [-0.39, 0.29) is 12.1 Å². The number of nitrogens with zero attached hydrogens (tertiary/aromatic N) is 3. The first-order chi connectivity index (χ1) is 10.6. The molecular weight excluding hydrogens is 284 g/mol. The van der Waals surface area contributed by atoms with E-state index in [0.717, 1.165) is 18.7 Å². The second-order valence-corrected chi connectivity index (χ2v) is 5.84. The van der Waals surface area contributed by atoms with Crippen molar-refractivity contribution in [2.75, 3.05) is 32.1 Å². The lowest BCUT2D eigenvalue weighted by Gasteiger charge is -2.18. The predicted molar refractivity (Wildman–Crippen MR) is 82.5 cm³/mol. The Morgan fingerprint density at radius 3 is 3.05 bits per heavy atom. The van der Waals surface area contributed by atoms with Crippen LogP contribution in [0.4, 0.5) is 10.6 Å². The Bertz CT molecular complexity index is 495. The quantitative estimate of drug-likeness (QED) is 0.868. The topological polar surface area (TPSA) is 76.6 Å². The van der Waals surface area contributed by atoms with E-state index in [2.05, 4.69) is 29.1 Å². The van der Waals surface area contributed by atoms with Gasteiger partial charge in [-0.3, -0.25) is 5.32 Å². The monoisotopic (exact) mass is 308 g/mol. The summed E-state index contributed by atoms with van der Waals surface area (Å²) in [5, 5.41) is 2.79. The van der Waals surface area contributed by atoms with Crippen LogP contribution in [0.25, 0.3) is 0 Å². The second kappa shape index (κ2) is 8.05. The molecule has 1 unspecified atom stereocenters. The number of amides is 2. The molecule has 122 valence electrons. The highest BCUT2D eigenvalue weighted by atomic mass is 16.5. The maximum atomic E-state index is 12.2. The molecule has 1 atom stereocenters. The molecule has 0 bridgehead atoms. The summed E-state index contributed by atoms with van der Waals surface area (Å²) in [5.41, 5.74) is 0.729. The van der Waals surface area contributed by atoms with Gasteiger partial charge in [-0.25, -0.2) is 14.8 Å². The molecule has 7 nitrogen and oxygen atoms in total. The number of methoxy groups -OCH3 is 1. The van der Waals surface area contributed by atoms with Crippen molar-refractivity contribution in [1.82, 2.24) is 14.9 Å². The highest BCUT2D eigenvalue weighted by molar-refractivity contribution is 5.88. The van der Waals surface area contributed by atoms with Crippen LogP contribution >= 0.6 is 0 Å². The molecule has 2 rings (SSSR count). The van der Waals surface area contributed by atoms with Gasteiger partial charge in [-0.1, -0.05) is 13.8 Å². The number of hydrogen-bond acceptors (Lipinski definition) is 5. The van der Waals surface area contributed by atoms with Crippen LogP contribution in [0.1, 0.15) is 26.0 Å². The largest absolute Gasteiger partial charge is 0.378 e. The van der Waals surface area contributed by atoms with Gasteiger partial charge >= 0.3 is 6.03 Å². The summed E-state index contributed by atoms with van der Waals surface area (Å²) >= 11 is 0. The first-order valence-corrected chi connectivity index (χ1v) is 7.56. The van der Waals surface area contributed by atoms with Gasteiger partial charge in [-0.05, 0) is 12.3 Å². The Balaban J connectivity index is 1.84. The number of hydrogen-bond donors (Lipinski definition) is 1. The van der Waals surface area contributed by atoms with E-state index in [4.69, 9.17) is 9.47 Å². The number of likely N-dealkylation sites (tertiary alicyclic amines) is 1. The summed E-state index contributed by atoms with van der Waals surface area (Å²) in [6.45, 7) is 6.67. The van der Waals surface area contributed by atoms with E-state index >= 15 is 0 Å². The molecule has 22 heavy (non-hydrogen) atoms. The molecule has 0 saturated carbocycles. The van der Waals surface area contributed by atoms with Gasteiger partial charge in [-0.15, -0.1) is 0 Å². The smallest absolute Gasteiger partial charge is 0.323 e. The summed E-state index contributed by atoms with van der Waals surface area (Å²) in [6, 6.07) is 1.56. The van der Waals surface area contributed by atoms with Crippen LogP contribution in [-0.4, -0.2) is 53.8 Å². The van der Waals surface area contributed by atoms with Crippen molar-refractivity contribution in [3.05, 3.63) is 18.1 Å². The van der Waals surface area contributed by atoms with Gasteiger partial charge in [0.2, 0.25) is 0 Å².